The van der Waals surface area contributed by atoms with E-state index >= 15 is 0 Å². The van der Waals surface area contributed by atoms with Crippen LogP contribution in [0.2, 0.25) is 0 Å². The third-order valence-corrected chi connectivity index (χ3v) is 6.19. The molecule has 0 aromatic carbocycles. The summed E-state index contributed by atoms with van der Waals surface area (Å²) >= 11 is 0. The molecule has 0 radical (unpaired) electrons. The molecule has 1 aliphatic heterocycles. The molecule has 24 heavy (non-hydrogen) atoms. The van der Waals surface area contributed by atoms with Crippen LogP contribution in [0.3, 0.4) is 0 Å². The first-order valence-corrected chi connectivity index (χ1v) is 8.55. The Labute approximate surface area is 142 Å². The summed E-state index contributed by atoms with van der Waals surface area (Å²) < 4.78 is 17.3. The zero-order chi connectivity index (χ0) is 17.9. The van der Waals surface area contributed by atoms with Crippen molar-refractivity contribution in [2.24, 2.45) is 17.3 Å². The van der Waals surface area contributed by atoms with Crippen LogP contribution in [0, 0.1) is 17.3 Å². The minimum Gasteiger partial charge on any atom is -0.459 e. The topological polar surface area (TPSA) is 85.2 Å². The van der Waals surface area contributed by atoms with Gasteiger partial charge < -0.3 is 24.4 Å². The summed E-state index contributed by atoms with van der Waals surface area (Å²) in [7, 11) is 1.54. The SMILES string of the molecule is CO[C@@H]1[C@H]2[C@H](O)O[C@@]3([C@@H](OC(C)=O)CC(C)=C[C@H]1O)[C@@H]2CC3(C)C. The Hall–Kier alpha value is -0.950. The highest BCUT2D eigenvalue weighted by Crippen LogP contribution is 2.67. The van der Waals surface area contributed by atoms with Gasteiger partial charge in [0.1, 0.15) is 11.7 Å². The fraction of sp³-hybridized carbons (Fsp3) is 0.833. The maximum atomic E-state index is 11.7. The lowest BCUT2D eigenvalue weighted by Gasteiger charge is -2.61. The predicted octanol–water partition coefficient (Wildman–Crippen LogP) is 1.39. The number of hydrogen-bond acceptors (Lipinski definition) is 6. The monoisotopic (exact) mass is 340 g/mol. The van der Waals surface area contributed by atoms with Crippen LogP contribution in [-0.4, -0.2) is 53.5 Å². The van der Waals surface area contributed by atoms with Gasteiger partial charge in [0.25, 0.3) is 0 Å². The Bertz CT molecular complexity index is 556. The molecule has 3 rings (SSSR count). The molecule has 7 atom stereocenters. The molecule has 1 saturated heterocycles. The van der Waals surface area contributed by atoms with Gasteiger partial charge in [-0.05, 0) is 18.8 Å². The van der Waals surface area contributed by atoms with E-state index in [-0.39, 0.29) is 23.2 Å². The van der Waals surface area contributed by atoms with Crippen molar-refractivity contribution in [3.8, 4) is 0 Å². The molecular weight excluding hydrogens is 312 g/mol. The molecule has 136 valence electrons. The Balaban J connectivity index is 2.11. The molecule has 1 heterocycles. The smallest absolute Gasteiger partial charge is 0.303 e. The molecule has 0 unspecified atom stereocenters. The van der Waals surface area contributed by atoms with Crippen LogP contribution in [-0.2, 0) is 19.0 Å². The summed E-state index contributed by atoms with van der Waals surface area (Å²) in [5, 5.41) is 21.2. The number of carbonyl (C=O) groups is 1. The number of carbonyl (C=O) groups excluding carboxylic acids is 1. The van der Waals surface area contributed by atoms with Gasteiger partial charge in [0, 0.05) is 32.3 Å². The standard InChI is InChI=1S/C18H28O6/c1-9-6-12(20)15(22-5)14-11-8-17(3,4)18(11,24-16(14)21)13(7-9)23-10(2)19/h6,11-16,20-21H,7-8H2,1-5H3/t11-,12-,13+,14+,15+,16-,18-/m1/s1. The van der Waals surface area contributed by atoms with E-state index in [9.17, 15) is 15.0 Å². The molecular formula is C18H28O6. The van der Waals surface area contributed by atoms with Gasteiger partial charge in [-0.2, -0.15) is 0 Å². The van der Waals surface area contributed by atoms with Gasteiger partial charge in [0.15, 0.2) is 6.29 Å². The van der Waals surface area contributed by atoms with E-state index in [0.717, 1.165) is 12.0 Å². The zero-order valence-corrected chi connectivity index (χ0v) is 15.0. The molecule has 2 fully saturated rings. The van der Waals surface area contributed by atoms with E-state index in [1.165, 1.54) is 14.0 Å². The minimum absolute atomic E-state index is 0.0363. The molecule has 6 heteroatoms. The van der Waals surface area contributed by atoms with Crippen LogP contribution >= 0.6 is 0 Å². The van der Waals surface area contributed by atoms with Gasteiger partial charge in [-0.15, -0.1) is 0 Å². The Kier molecular flexibility index (Phi) is 4.31. The second-order valence-electron chi connectivity index (χ2n) is 8.08. The van der Waals surface area contributed by atoms with Crippen molar-refractivity contribution in [1.29, 1.82) is 0 Å². The Morgan fingerprint density at radius 1 is 1.38 bits per heavy atom. The number of aliphatic hydroxyl groups excluding tert-OH is 2. The van der Waals surface area contributed by atoms with E-state index in [2.05, 4.69) is 13.8 Å². The van der Waals surface area contributed by atoms with E-state index in [1.54, 1.807) is 6.08 Å². The van der Waals surface area contributed by atoms with E-state index in [4.69, 9.17) is 14.2 Å². The molecule has 0 aromatic rings. The van der Waals surface area contributed by atoms with Crippen molar-refractivity contribution >= 4 is 5.97 Å². The van der Waals surface area contributed by atoms with Crippen molar-refractivity contribution in [3.05, 3.63) is 11.6 Å². The van der Waals surface area contributed by atoms with Gasteiger partial charge in [-0.3, -0.25) is 4.79 Å². The molecule has 2 aliphatic carbocycles. The summed E-state index contributed by atoms with van der Waals surface area (Å²) in [6, 6.07) is 0. The third-order valence-electron chi connectivity index (χ3n) is 6.19. The minimum atomic E-state index is -1.05. The third kappa shape index (κ3) is 2.35. The van der Waals surface area contributed by atoms with Crippen LogP contribution in [0.5, 0.6) is 0 Å². The first kappa shape index (κ1) is 17.9. The van der Waals surface area contributed by atoms with Gasteiger partial charge in [0.2, 0.25) is 0 Å². The van der Waals surface area contributed by atoms with Crippen LogP contribution in [0.1, 0.15) is 40.5 Å². The van der Waals surface area contributed by atoms with E-state index < -0.39 is 30.2 Å². The van der Waals surface area contributed by atoms with E-state index in [1.807, 2.05) is 6.92 Å². The normalized spacial score (nSPS) is 46.7. The lowest BCUT2D eigenvalue weighted by atomic mass is 9.47. The van der Waals surface area contributed by atoms with Gasteiger partial charge in [-0.1, -0.05) is 25.5 Å². The number of esters is 1. The number of hydrogen-bond donors (Lipinski definition) is 2. The summed E-state index contributed by atoms with van der Waals surface area (Å²) in [6.45, 7) is 7.44. The lowest BCUT2D eigenvalue weighted by molar-refractivity contribution is -0.276. The highest BCUT2D eigenvalue weighted by Gasteiger charge is 2.75. The first-order chi connectivity index (χ1) is 11.1. The fourth-order valence-electron chi connectivity index (χ4n) is 5.27. The maximum absolute atomic E-state index is 11.7. The van der Waals surface area contributed by atoms with Crippen molar-refractivity contribution in [1.82, 2.24) is 0 Å². The van der Waals surface area contributed by atoms with Gasteiger partial charge >= 0.3 is 5.97 Å². The van der Waals surface area contributed by atoms with Crippen LogP contribution in [0.25, 0.3) is 0 Å². The van der Waals surface area contributed by atoms with Crippen LogP contribution in [0.4, 0.5) is 0 Å². The molecule has 3 aliphatic rings. The van der Waals surface area contributed by atoms with Gasteiger partial charge in [0.05, 0.1) is 12.2 Å². The predicted molar refractivity (Wildman–Crippen MR) is 85.9 cm³/mol. The first-order valence-electron chi connectivity index (χ1n) is 8.55. The molecule has 0 aromatic heterocycles. The molecule has 2 bridgehead atoms. The highest BCUT2D eigenvalue weighted by molar-refractivity contribution is 5.66. The molecule has 0 amide bonds. The fourth-order valence-corrected chi connectivity index (χ4v) is 5.27. The van der Waals surface area contributed by atoms with Crippen LogP contribution in [0.15, 0.2) is 11.6 Å². The summed E-state index contributed by atoms with van der Waals surface area (Å²) in [4.78, 5) is 11.7. The molecule has 6 nitrogen and oxygen atoms in total. The zero-order valence-electron chi connectivity index (χ0n) is 15.0. The lowest BCUT2D eigenvalue weighted by Crippen LogP contribution is -2.68. The number of rotatable bonds is 2. The maximum Gasteiger partial charge on any atom is 0.303 e. The van der Waals surface area contributed by atoms with Crippen LogP contribution < -0.4 is 0 Å². The van der Waals surface area contributed by atoms with Crippen molar-refractivity contribution < 1.29 is 29.2 Å². The van der Waals surface area contributed by atoms with E-state index in [0.29, 0.717) is 6.42 Å². The summed E-state index contributed by atoms with van der Waals surface area (Å²) in [5.41, 5.74) is -0.0997. The number of methoxy groups -OCH3 is 1. The quantitative estimate of drug-likeness (QED) is 0.584. The largest absolute Gasteiger partial charge is 0.459 e. The number of ether oxygens (including phenoxy) is 3. The number of aliphatic hydroxyl groups is 2. The van der Waals surface area contributed by atoms with Crippen molar-refractivity contribution in [3.63, 3.8) is 0 Å². The average Bonchev–Trinajstić information content (AvgIpc) is 2.70. The van der Waals surface area contributed by atoms with Gasteiger partial charge in [-0.25, -0.2) is 0 Å². The Morgan fingerprint density at radius 3 is 2.58 bits per heavy atom. The summed E-state index contributed by atoms with van der Waals surface area (Å²) in [5.74, 6) is -0.766. The Morgan fingerprint density at radius 2 is 2.04 bits per heavy atom. The second-order valence-corrected chi connectivity index (χ2v) is 8.08. The molecule has 1 saturated carbocycles. The summed E-state index contributed by atoms with van der Waals surface area (Å²) in [6.07, 6.45) is 0.0673. The second kappa shape index (κ2) is 5.80. The molecule has 0 spiro atoms. The average molecular weight is 340 g/mol. The van der Waals surface area contributed by atoms with Crippen molar-refractivity contribution in [2.75, 3.05) is 7.11 Å². The highest BCUT2D eigenvalue weighted by atomic mass is 16.7. The molecule has 2 N–H and O–H groups in total. The van der Waals surface area contributed by atoms with Crippen molar-refractivity contribution in [2.45, 2.75) is 70.7 Å².